The molecule has 9 nitrogen and oxygen atoms in total. The van der Waals surface area contributed by atoms with Gasteiger partial charge in [0.25, 0.3) is 5.91 Å². The number of hydrogen-bond acceptors (Lipinski definition) is 4. The van der Waals surface area contributed by atoms with E-state index in [-0.39, 0.29) is 41.4 Å². The average Bonchev–Trinajstić information content (AvgIpc) is 3.54. The molecule has 0 saturated heterocycles. The van der Waals surface area contributed by atoms with E-state index >= 15 is 0 Å². The molecule has 2 heterocycles. The molecule has 0 radical (unpaired) electrons. The van der Waals surface area contributed by atoms with Gasteiger partial charge in [0.2, 0.25) is 11.7 Å². The van der Waals surface area contributed by atoms with E-state index in [1.807, 2.05) is 0 Å². The summed E-state index contributed by atoms with van der Waals surface area (Å²) in [7, 11) is 0. The predicted octanol–water partition coefficient (Wildman–Crippen LogP) is 2.54. The number of carbonyl (C=O) groups excluding carboxylic acids is 3. The number of halogens is 2. The molecule has 4 amide bonds. The Labute approximate surface area is 187 Å². The molecule has 32 heavy (non-hydrogen) atoms. The van der Waals surface area contributed by atoms with Crippen molar-refractivity contribution in [2.45, 2.75) is 25.4 Å². The Morgan fingerprint density at radius 3 is 2.72 bits per heavy atom. The number of urea groups is 1. The Bertz CT molecular complexity index is 1210. The minimum Gasteiger partial charge on any atom is -0.363 e. The van der Waals surface area contributed by atoms with Gasteiger partial charge in [-0.1, -0.05) is 29.8 Å². The van der Waals surface area contributed by atoms with Crippen molar-refractivity contribution in [3.8, 4) is 0 Å². The number of amides is 4. The number of nitrogens with one attached hydrogen (secondary N) is 2. The van der Waals surface area contributed by atoms with E-state index < -0.39 is 23.7 Å². The van der Waals surface area contributed by atoms with Crippen LogP contribution in [0.5, 0.6) is 0 Å². The Kier molecular flexibility index (Phi) is 5.95. The summed E-state index contributed by atoms with van der Waals surface area (Å²) in [4.78, 5) is 42.6. The molecule has 4 N–H and O–H groups in total. The molecule has 1 aromatic carbocycles. The topological polar surface area (TPSA) is 122 Å². The van der Waals surface area contributed by atoms with E-state index in [9.17, 15) is 18.8 Å². The van der Waals surface area contributed by atoms with Crippen molar-refractivity contribution in [1.29, 1.82) is 0 Å². The molecule has 0 unspecified atom stereocenters. The molecule has 166 valence electrons. The van der Waals surface area contributed by atoms with Gasteiger partial charge in [-0.25, -0.2) is 14.2 Å². The molecule has 4 rings (SSSR count). The lowest BCUT2D eigenvalue weighted by Gasteiger charge is -2.22. The highest BCUT2D eigenvalue weighted by Gasteiger charge is 2.34. The average molecular weight is 459 g/mol. The van der Waals surface area contributed by atoms with Crippen molar-refractivity contribution in [2.75, 3.05) is 11.9 Å². The second kappa shape index (κ2) is 8.83. The summed E-state index contributed by atoms with van der Waals surface area (Å²) in [5.74, 6) is -1.63. The lowest BCUT2D eigenvalue weighted by Crippen LogP contribution is -2.44. The van der Waals surface area contributed by atoms with Gasteiger partial charge in [-0.15, -0.1) is 0 Å². The third kappa shape index (κ3) is 4.50. The van der Waals surface area contributed by atoms with Crippen LogP contribution in [0, 0.1) is 5.82 Å². The third-order valence-corrected chi connectivity index (χ3v) is 5.36. The van der Waals surface area contributed by atoms with Crippen LogP contribution < -0.4 is 16.4 Å². The van der Waals surface area contributed by atoms with Gasteiger partial charge >= 0.3 is 6.03 Å². The van der Waals surface area contributed by atoms with Crippen LogP contribution in [0.2, 0.25) is 5.02 Å². The van der Waals surface area contributed by atoms with Crippen LogP contribution in [-0.4, -0.2) is 44.7 Å². The van der Waals surface area contributed by atoms with Crippen LogP contribution >= 0.6 is 11.6 Å². The number of aromatic nitrogens is 2. The highest BCUT2D eigenvalue weighted by molar-refractivity contribution is 6.30. The molecule has 0 bridgehead atoms. The summed E-state index contributed by atoms with van der Waals surface area (Å²) in [6, 6.07) is 9.03. The van der Waals surface area contributed by atoms with Crippen molar-refractivity contribution >= 4 is 40.8 Å². The van der Waals surface area contributed by atoms with E-state index in [1.165, 1.54) is 21.4 Å². The largest absolute Gasteiger partial charge is 0.363 e. The van der Waals surface area contributed by atoms with Crippen LogP contribution in [0.25, 0.3) is 5.52 Å². The van der Waals surface area contributed by atoms with Crippen LogP contribution in [0.4, 0.5) is 15.0 Å². The third-order valence-electron chi connectivity index (χ3n) is 5.06. The fourth-order valence-corrected chi connectivity index (χ4v) is 3.51. The zero-order valence-corrected chi connectivity index (χ0v) is 17.6. The molecule has 2 aromatic heterocycles. The van der Waals surface area contributed by atoms with Gasteiger partial charge in [-0.3, -0.25) is 19.3 Å². The molecular formula is C21H20ClFN6O3. The SMILES string of the molecule is NC(=O)c1nc(NC(=O)N(CC(=O)NCc2cccc(Cl)c2F)C2CC2)c2ccccn12. The van der Waals surface area contributed by atoms with E-state index in [0.717, 1.165) is 12.8 Å². The molecule has 1 saturated carbocycles. The van der Waals surface area contributed by atoms with Gasteiger partial charge in [0, 0.05) is 24.3 Å². The number of pyridine rings is 1. The van der Waals surface area contributed by atoms with E-state index in [4.69, 9.17) is 17.3 Å². The maximum Gasteiger partial charge on any atom is 0.323 e. The normalized spacial score (nSPS) is 13.1. The first-order valence-electron chi connectivity index (χ1n) is 9.89. The first-order chi connectivity index (χ1) is 15.3. The van der Waals surface area contributed by atoms with E-state index in [0.29, 0.717) is 5.52 Å². The van der Waals surface area contributed by atoms with Crippen molar-refractivity contribution in [2.24, 2.45) is 5.73 Å². The zero-order chi connectivity index (χ0) is 22.8. The van der Waals surface area contributed by atoms with Crippen molar-refractivity contribution < 1.29 is 18.8 Å². The zero-order valence-electron chi connectivity index (χ0n) is 16.8. The Hall–Kier alpha value is -3.66. The Morgan fingerprint density at radius 2 is 2.00 bits per heavy atom. The van der Waals surface area contributed by atoms with Crippen LogP contribution in [0.15, 0.2) is 42.6 Å². The second-order valence-corrected chi connectivity index (χ2v) is 7.79. The number of nitrogens with two attached hydrogens (primary N) is 1. The summed E-state index contributed by atoms with van der Waals surface area (Å²) in [5, 5.41) is 5.25. The fourth-order valence-electron chi connectivity index (χ4n) is 3.32. The number of nitrogens with zero attached hydrogens (tertiary/aromatic N) is 3. The summed E-state index contributed by atoms with van der Waals surface area (Å²) in [6.07, 6.45) is 3.14. The van der Waals surface area contributed by atoms with Crippen molar-refractivity contribution in [1.82, 2.24) is 19.6 Å². The lowest BCUT2D eigenvalue weighted by molar-refractivity contribution is -0.121. The number of primary amides is 1. The minimum atomic E-state index is -0.738. The van der Waals surface area contributed by atoms with Crippen molar-refractivity contribution in [3.63, 3.8) is 0 Å². The standard InChI is InChI=1S/C21H20ClFN6O3/c22-14-5-3-4-12(17(14)23)10-25-16(30)11-29(13-7-8-13)21(32)27-19-15-6-1-2-9-28(15)20(26-19)18(24)31/h1-6,9,13H,7-8,10-11H2,(H2,24,31)(H,25,30)(H,27,32). The number of carbonyl (C=O) groups is 3. The molecule has 0 atom stereocenters. The summed E-state index contributed by atoms with van der Waals surface area (Å²) < 4.78 is 15.5. The van der Waals surface area contributed by atoms with Crippen molar-refractivity contribution in [3.05, 3.63) is 64.8 Å². The number of fused-ring (bicyclic) bond motifs is 1. The molecule has 3 aromatic rings. The predicted molar refractivity (Wildman–Crippen MR) is 116 cm³/mol. The maximum atomic E-state index is 14.0. The fraction of sp³-hybridized carbons (Fsp3) is 0.238. The van der Waals surface area contributed by atoms with E-state index in [2.05, 4.69) is 15.6 Å². The maximum absolute atomic E-state index is 14.0. The number of imidazole rings is 1. The quantitative estimate of drug-likeness (QED) is 0.503. The highest BCUT2D eigenvalue weighted by Crippen LogP contribution is 2.28. The first-order valence-corrected chi connectivity index (χ1v) is 10.3. The van der Waals surface area contributed by atoms with Gasteiger partial charge in [0.05, 0.1) is 10.5 Å². The number of hydrogen-bond donors (Lipinski definition) is 3. The minimum absolute atomic E-state index is 0.0184. The molecule has 0 spiro atoms. The highest BCUT2D eigenvalue weighted by atomic mass is 35.5. The molecule has 11 heteroatoms. The lowest BCUT2D eigenvalue weighted by atomic mass is 10.2. The molecule has 0 aliphatic heterocycles. The van der Waals surface area contributed by atoms with E-state index in [1.54, 1.807) is 30.5 Å². The van der Waals surface area contributed by atoms with Gasteiger partial charge < -0.3 is 16.0 Å². The van der Waals surface area contributed by atoms with Gasteiger partial charge in [-0.2, -0.15) is 0 Å². The van der Waals surface area contributed by atoms with Crippen LogP contribution in [0.1, 0.15) is 29.0 Å². The number of rotatable bonds is 7. The van der Waals surface area contributed by atoms with Crippen LogP contribution in [0.3, 0.4) is 0 Å². The monoisotopic (exact) mass is 458 g/mol. The van der Waals surface area contributed by atoms with Gasteiger partial charge in [-0.05, 0) is 31.0 Å². The molecule has 1 fully saturated rings. The Morgan fingerprint density at radius 1 is 1.22 bits per heavy atom. The molecular weight excluding hydrogens is 439 g/mol. The van der Waals surface area contributed by atoms with Gasteiger partial charge in [0.15, 0.2) is 5.82 Å². The summed E-state index contributed by atoms with van der Waals surface area (Å²) in [6.45, 7) is -0.272. The smallest absolute Gasteiger partial charge is 0.323 e. The number of benzene rings is 1. The van der Waals surface area contributed by atoms with Crippen LogP contribution in [-0.2, 0) is 11.3 Å². The number of anilines is 1. The molecule has 1 aliphatic carbocycles. The second-order valence-electron chi connectivity index (χ2n) is 7.38. The summed E-state index contributed by atoms with van der Waals surface area (Å²) >= 11 is 5.76. The van der Waals surface area contributed by atoms with Gasteiger partial charge in [0.1, 0.15) is 12.4 Å². The summed E-state index contributed by atoms with van der Waals surface area (Å²) in [5.41, 5.74) is 6.11. The first kappa shape index (κ1) is 21.6. The molecule has 1 aliphatic rings. The Balaban J connectivity index is 1.45.